The summed E-state index contributed by atoms with van der Waals surface area (Å²) in [6.07, 6.45) is 3.14. The predicted octanol–water partition coefficient (Wildman–Crippen LogP) is 3.71. The van der Waals surface area contributed by atoms with Crippen molar-refractivity contribution in [2.24, 2.45) is 0 Å². The summed E-state index contributed by atoms with van der Waals surface area (Å²) < 4.78 is 11.2. The van der Waals surface area contributed by atoms with Crippen LogP contribution in [-0.4, -0.2) is 42.2 Å². The Kier molecular flexibility index (Phi) is 6.20. The highest BCUT2D eigenvalue weighted by molar-refractivity contribution is 6.03. The Morgan fingerprint density at radius 1 is 1.03 bits per heavy atom. The van der Waals surface area contributed by atoms with Gasteiger partial charge in [0, 0.05) is 25.4 Å². The zero-order chi connectivity index (χ0) is 20.8. The van der Waals surface area contributed by atoms with E-state index in [4.69, 9.17) is 9.47 Å². The lowest BCUT2D eigenvalue weighted by atomic mass is 10.1. The molecule has 0 spiro atoms. The number of pyridine rings is 2. The molecule has 1 saturated heterocycles. The molecular weight excluding hydrogens is 380 g/mol. The molecule has 0 bridgehead atoms. The second kappa shape index (κ2) is 9.37. The molecule has 1 atom stereocenters. The van der Waals surface area contributed by atoms with E-state index in [-0.39, 0.29) is 12.0 Å². The molecule has 3 aromatic rings. The molecule has 154 valence electrons. The molecule has 2 aromatic heterocycles. The number of amides is 1. The number of hydrogen-bond acceptors (Lipinski definition) is 6. The summed E-state index contributed by atoms with van der Waals surface area (Å²) in [4.78, 5) is 23.3. The smallest absolute Gasteiger partial charge is 0.258 e. The van der Waals surface area contributed by atoms with Crippen LogP contribution in [0.15, 0.2) is 67.0 Å². The van der Waals surface area contributed by atoms with Gasteiger partial charge in [-0.3, -0.25) is 4.79 Å². The molecule has 7 heteroatoms. The molecule has 0 radical (unpaired) electrons. The number of anilines is 2. The van der Waals surface area contributed by atoms with Crippen LogP contribution < -0.4 is 15.0 Å². The number of aromatic nitrogens is 2. The second-order valence-electron chi connectivity index (χ2n) is 7.01. The standard InChI is InChI=1S/C23H24N4O3/c1-17(18-5-3-2-4-6-18)30-22-10-7-19(15-25-22)23(28)26-21-9-8-20(16-24-21)27-11-13-29-14-12-27/h2-10,15-17H,11-14H2,1H3,(H,24,26,28). The maximum Gasteiger partial charge on any atom is 0.258 e. The minimum Gasteiger partial charge on any atom is -0.470 e. The number of ether oxygens (including phenoxy) is 2. The largest absolute Gasteiger partial charge is 0.470 e. The van der Waals surface area contributed by atoms with E-state index in [0.29, 0.717) is 17.3 Å². The van der Waals surface area contributed by atoms with Crippen molar-refractivity contribution in [1.82, 2.24) is 9.97 Å². The van der Waals surface area contributed by atoms with Gasteiger partial charge in [0.25, 0.3) is 5.91 Å². The third-order valence-corrected chi connectivity index (χ3v) is 4.93. The second-order valence-corrected chi connectivity index (χ2v) is 7.01. The number of rotatable bonds is 6. The summed E-state index contributed by atoms with van der Waals surface area (Å²) in [6.45, 7) is 5.08. The number of benzene rings is 1. The van der Waals surface area contributed by atoms with Crippen LogP contribution in [0.5, 0.6) is 5.88 Å². The van der Waals surface area contributed by atoms with Crippen molar-refractivity contribution in [3.63, 3.8) is 0 Å². The predicted molar refractivity (Wildman–Crippen MR) is 115 cm³/mol. The minimum absolute atomic E-state index is 0.132. The van der Waals surface area contributed by atoms with Gasteiger partial charge in [-0.05, 0) is 30.7 Å². The Labute approximate surface area is 175 Å². The molecule has 30 heavy (non-hydrogen) atoms. The minimum atomic E-state index is -0.267. The van der Waals surface area contributed by atoms with Gasteiger partial charge in [-0.1, -0.05) is 30.3 Å². The van der Waals surface area contributed by atoms with Gasteiger partial charge in [-0.15, -0.1) is 0 Å². The lowest BCUT2D eigenvalue weighted by molar-refractivity contribution is 0.102. The molecule has 1 amide bonds. The van der Waals surface area contributed by atoms with E-state index in [1.807, 2.05) is 43.3 Å². The molecule has 7 nitrogen and oxygen atoms in total. The highest BCUT2D eigenvalue weighted by Gasteiger charge is 2.13. The van der Waals surface area contributed by atoms with Gasteiger partial charge in [-0.25, -0.2) is 9.97 Å². The highest BCUT2D eigenvalue weighted by atomic mass is 16.5. The number of morpholine rings is 1. The van der Waals surface area contributed by atoms with E-state index < -0.39 is 0 Å². The number of nitrogens with one attached hydrogen (secondary N) is 1. The average molecular weight is 404 g/mol. The Bertz CT molecular complexity index is 956. The lowest BCUT2D eigenvalue weighted by Gasteiger charge is -2.28. The number of carbonyl (C=O) groups excluding carboxylic acids is 1. The summed E-state index contributed by atoms with van der Waals surface area (Å²) in [7, 11) is 0. The first-order valence-electron chi connectivity index (χ1n) is 9.97. The summed E-state index contributed by atoms with van der Waals surface area (Å²) >= 11 is 0. The van der Waals surface area contributed by atoms with E-state index in [9.17, 15) is 4.79 Å². The van der Waals surface area contributed by atoms with Crippen molar-refractivity contribution in [2.45, 2.75) is 13.0 Å². The Balaban J connectivity index is 1.34. The van der Waals surface area contributed by atoms with E-state index in [1.165, 1.54) is 6.20 Å². The van der Waals surface area contributed by atoms with Crippen molar-refractivity contribution in [3.05, 3.63) is 78.1 Å². The van der Waals surface area contributed by atoms with Crippen molar-refractivity contribution in [1.29, 1.82) is 0 Å². The zero-order valence-electron chi connectivity index (χ0n) is 16.8. The highest BCUT2D eigenvalue weighted by Crippen LogP contribution is 2.20. The van der Waals surface area contributed by atoms with Crippen LogP contribution in [0.4, 0.5) is 11.5 Å². The van der Waals surface area contributed by atoms with Crippen molar-refractivity contribution in [3.8, 4) is 5.88 Å². The van der Waals surface area contributed by atoms with Gasteiger partial charge in [0.15, 0.2) is 0 Å². The SMILES string of the molecule is CC(Oc1ccc(C(=O)Nc2ccc(N3CCOCC3)cn2)cn1)c1ccccc1. The molecule has 1 aliphatic rings. The fraction of sp³-hybridized carbons (Fsp3) is 0.261. The number of carbonyl (C=O) groups is 1. The van der Waals surface area contributed by atoms with Gasteiger partial charge >= 0.3 is 0 Å². The molecule has 0 aliphatic carbocycles. The summed E-state index contributed by atoms with van der Waals surface area (Å²) in [5.74, 6) is 0.697. The molecular formula is C23H24N4O3. The van der Waals surface area contributed by atoms with Crippen molar-refractivity contribution in [2.75, 3.05) is 36.5 Å². The van der Waals surface area contributed by atoms with Crippen LogP contribution >= 0.6 is 0 Å². The fourth-order valence-electron chi connectivity index (χ4n) is 3.21. The maximum atomic E-state index is 12.5. The molecule has 4 rings (SSSR count). The van der Waals surface area contributed by atoms with Crippen molar-refractivity contribution < 1.29 is 14.3 Å². The third kappa shape index (κ3) is 4.93. The van der Waals surface area contributed by atoms with Crippen LogP contribution in [0.1, 0.15) is 28.9 Å². The molecule has 1 fully saturated rings. The molecule has 1 unspecified atom stereocenters. The van der Waals surface area contributed by atoms with Gasteiger partial charge < -0.3 is 19.7 Å². The first kappa shape index (κ1) is 19.8. The average Bonchev–Trinajstić information content (AvgIpc) is 2.81. The third-order valence-electron chi connectivity index (χ3n) is 4.93. The van der Waals surface area contributed by atoms with E-state index in [0.717, 1.165) is 37.6 Å². The first-order valence-corrected chi connectivity index (χ1v) is 9.97. The Morgan fingerprint density at radius 2 is 1.83 bits per heavy atom. The first-order chi connectivity index (χ1) is 14.7. The normalized spacial score (nSPS) is 14.8. The van der Waals surface area contributed by atoms with Crippen LogP contribution in [-0.2, 0) is 4.74 Å². The number of nitrogens with zero attached hydrogens (tertiary/aromatic N) is 3. The van der Waals surface area contributed by atoms with Crippen LogP contribution in [0.2, 0.25) is 0 Å². The van der Waals surface area contributed by atoms with Crippen LogP contribution in [0.3, 0.4) is 0 Å². The topological polar surface area (TPSA) is 76.6 Å². The van der Waals surface area contributed by atoms with E-state index in [2.05, 4.69) is 20.2 Å². The van der Waals surface area contributed by atoms with Gasteiger partial charge in [0.05, 0.1) is 30.7 Å². The quantitative estimate of drug-likeness (QED) is 0.675. The lowest BCUT2D eigenvalue weighted by Crippen LogP contribution is -2.36. The number of hydrogen-bond donors (Lipinski definition) is 1. The molecule has 1 aliphatic heterocycles. The molecule has 1 aromatic carbocycles. The van der Waals surface area contributed by atoms with Gasteiger partial charge in [-0.2, -0.15) is 0 Å². The maximum absolute atomic E-state index is 12.5. The Hall–Kier alpha value is -3.45. The summed E-state index contributed by atoms with van der Waals surface area (Å²) in [5, 5.41) is 2.80. The molecule has 3 heterocycles. The van der Waals surface area contributed by atoms with E-state index in [1.54, 1.807) is 24.4 Å². The summed E-state index contributed by atoms with van der Waals surface area (Å²) in [5.41, 5.74) is 2.52. The molecule has 0 saturated carbocycles. The zero-order valence-corrected chi connectivity index (χ0v) is 16.8. The van der Waals surface area contributed by atoms with Crippen LogP contribution in [0, 0.1) is 0 Å². The van der Waals surface area contributed by atoms with Crippen LogP contribution in [0.25, 0.3) is 0 Å². The fourth-order valence-corrected chi connectivity index (χ4v) is 3.21. The summed E-state index contributed by atoms with van der Waals surface area (Å²) in [6, 6.07) is 17.1. The van der Waals surface area contributed by atoms with E-state index >= 15 is 0 Å². The van der Waals surface area contributed by atoms with Gasteiger partial charge in [0.2, 0.25) is 5.88 Å². The van der Waals surface area contributed by atoms with Gasteiger partial charge in [0.1, 0.15) is 11.9 Å². The Morgan fingerprint density at radius 3 is 2.50 bits per heavy atom. The molecule has 1 N–H and O–H groups in total. The van der Waals surface area contributed by atoms with Crippen molar-refractivity contribution >= 4 is 17.4 Å². The monoisotopic (exact) mass is 404 g/mol.